The lowest BCUT2D eigenvalue weighted by atomic mass is 9.94. The maximum atomic E-state index is 13.3. The van der Waals surface area contributed by atoms with Gasteiger partial charge in [-0.05, 0) is 17.7 Å². The number of rotatable bonds is 9. The maximum Gasteiger partial charge on any atom is 0.303 e. The smallest absolute Gasteiger partial charge is 0.303 e. The summed E-state index contributed by atoms with van der Waals surface area (Å²) in [7, 11) is 0. The molecular weight excluding hydrogens is 480 g/mol. The molecule has 0 spiro atoms. The number of nitrogens with zero attached hydrogens (tertiary/aromatic N) is 4. The predicted octanol–water partition coefficient (Wildman–Crippen LogP) is 1.13. The van der Waals surface area contributed by atoms with Crippen LogP contribution >= 0.6 is 0 Å². The van der Waals surface area contributed by atoms with Crippen molar-refractivity contribution in [2.45, 2.75) is 51.4 Å². The zero-order valence-corrected chi connectivity index (χ0v) is 19.7. The molecule has 5 atom stereocenters. The van der Waals surface area contributed by atoms with Crippen molar-refractivity contribution in [1.29, 1.82) is 0 Å². The number of amides is 2. The molecule has 14 heteroatoms. The van der Waals surface area contributed by atoms with Gasteiger partial charge < -0.3 is 23.7 Å². The highest BCUT2D eigenvalue weighted by atomic mass is 16.7. The third-order valence-corrected chi connectivity index (χ3v) is 5.33. The Morgan fingerprint density at radius 1 is 1.00 bits per heavy atom. The Hall–Kier alpha value is -4.00. The molecule has 1 fully saturated rings. The van der Waals surface area contributed by atoms with Crippen molar-refractivity contribution < 1.29 is 47.7 Å². The summed E-state index contributed by atoms with van der Waals surface area (Å²) in [6.45, 7) is 2.62. The zero-order chi connectivity index (χ0) is 26.4. The summed E-state index contributed by atoms with van der Waals surface area (Å²) in [6.07, 6.45) is -5.46. The van der Waals surface area contributed by atoms with Crippen LogP contribution in [0.3, 0.4) is 0 Å². The fourth-order valence-electron chi connectivity index (χ4n) is 4.03. The Bertz CT molecular complexity index is 1070. The number of carbonyl (C=O) groups excluding carboxylic acids is 5. The molecule has 0 bridgehead atoms. The molecule has 5 unspecified atom stereocenters. The van der Waals surface area contributed by atoms with E-state index in [9.17, 15) is 24.0 Å². The molecule has 2 heterocycles. The van der Waals surface area contributed by atoms with Crippen LogP contribution in [0.2, 0.25) is 0 Å². The molecule has 0 N–H and O–H groups in total. The van der Waals surface area contributed by atoms with Crippen LogP contribution in [-0.2, 0) is 38.1 Å². The minimum Gasteiger partial charge on any atom is -0.463 e. The first-order chi connectivity index (χ1) is 17.1. The van der Waals surface area contributed by atoms with Crippen LogP contribution in [0.25, 0.3) is 10.4 Å². The number of carbonyl (C=O) groups is 5. The van der Waals surface area contributed by atoms with Crippen molar-refractivity contribution >= 4 is 29.7 Å². The minimum atomic E-state index is -1.45. The van der Waals surface area contributed by atoms with E-state index in [1.165, 1.54) is 12.1 Å². The van der Waals surface area contributed by atoms with Crippen molar-refractivity contribution in [3.63, 3.8) is 0 Å². The molecule has 1 aromatic rings. The molecule has 0 aromatic heterocycles. The average Bonchev–Trinajstić information content (AvgIpc) is 3.06. The number of hydrogen-bond donors (Lipinski definition) is 0. The van der Waals surface area contributed by atoms with Crippen LogP contribution in [0.5, 0.6) is 0 Å². The molecular formula is C22H24N4O10. The van der Waals surface area contributed by atoms with Crippen LogP contribution < -0.4 is 0 Å². The van der Waals surface area contributed by atoms with Gasteiger partial charge in [-0.15, -0.1) is 0 Å². The van der Waals surface area contributed by atoms with Gasteiger partial charge in [0.25, 0.3) is 11.8 Å². The van der Waals surface area contributed by atoms with Gasteiger partial charge in [-0.1, -0.05) is 17.2 Å². The van der Waals surface area contributed by atoms with Gasteiger partial charge >= 0.3 is 17.9 Å². The fourth-order valence-corrected chi connectivity index (χ4v) is 4.03. The molecule has 36 heavy (non-hydrogen) atoms. The van der Waals surface area contributed by atoms with E-state index in [2.05, 4.69) is 10.0 Å². The minimum absolute atomic E-state index is 0.114. The number of esters is 3. The molecule has 2 aliphatic rings. The summed E-state index contributed by atoms with van der Waals surface area (Å²) in [4.78, 5) is 65.5. The fraction of sp³-hybridized carbons (Fsp3) is 0.500. The molecule has 3 rings (SSSR count). The van der Waals surface area contributed by atoms with Gasteiger partial charge in [0.2, 0.25) is 0 Å². The van der Waals surface area contributed by atoms with E-state index >= 15 is 0 Å². The normalized spacial score (nSPS) is 25.0. The quantitative estimate of drug-likeness (QED) is 0.0898. The van der Waals surface area contributed by atoms with Gasteiger partial charge in [0.05, 0.1) is 17.7 Å². The van der Waals surface area contributed by atoms with Crippen molar-refractivity contribution in [2.24, 2.45) is 5.11 Å². The summed E-state index contributed by atoms with van der Waals surface area (Å²) in [5.41, 5.74) is 8.77. The molecule has 1 aromatic carbocycles. The molecule has 0 saturated carbocycles. The first-order valence-corrected chi connectivity index (χ1v) is 10.9. The summed E-state index contributed by atoms with van der Waals surface area (Å²) < 4.78 is 27.5. The monoisotopic (exact) mass is 504 g/mol. The van der Waals surface area contributed by atoms with E-state index in [0.29, 0.717) is 0 Å². The zero-order valence-electron chi connectivity index (χ0n) is 19.7. The van der Waals surface area contributed by atoms with Crippen LogP contribution in [-0.4, -0.2) is 85.0 Å². The van der Waals surface area contributed by atoms with Crippen LogP contribution in [0.15, 0.2) is 29.4 Å². The number of benzene rings is 1. The van der Waals surface area contributed by atoms with E-state index in [4.69, 9.17) is 29.2 Å². The third kappa shape index (κ3) is 5.79. The lowest BCUT2D eigenvalue weighted by Gasteiger charge is -2.47. The highest BCUT2D eigenvalue weighted by molar-refractivity contribution is 6.21. The Labute approximate surface area is 205 Å². The lowest BCUT2D eigenvalue weighted by Crippen LogP contribution is -2.67. The number of azide groups is 1. The van der Waals surface area contributed by atoms with Gasteiger partial charge in [-0.2, -0.15) is 0 Å². The van der Waals surface area contributed by atoms with Crippen molar-refractivity contribution in [1.82, 2.24) is 4.90 Å². The summed E-state index contributed by atoms with van der Waals surface area (Å²) >= 11 is 0. The molecule has 14 nitrogen and oxygen atoms in total. The first kappa shape index (κ1) is 26.6. The van der Waals surface area contributed by atoms with Crippen LogP contribution in [0, 0.1) is 0 Å². The standard InChI is InChI=1S/C22H24N4O10/c1-11(27)33-10-16-18(34-12(2)28)19(35-13(3)29)17(22(36-16)32-9-8-24-25-23)26-20(30)14-6-4-5-7-15(14)21(26)31/h4-7,16-19,22H,8-10H2,1-3H3. The van der Waals surface area contributed by atoms with Gasteiger partial charge in [0.1, 0.15) is 18.8 Å². The number of imide groups is 1. The highest BCUT2D eigenvalue weighted by Crippen LogP contribution is 2.35. The highest BCUT2D eigenvalue weighted by Gasteiger charge is 2.57. The average molecular weight is 504 g/mol. The molecule has 2 amide bonds. The van der Waals surface area contributed by atoms with Crippen molar-refractivity contribution in [3.05, 3.63) is 45.8 Å². The maximum absolute atomic E-state index is 13.3. The molecule has 192 valence electrons. The van der Waals surface area contributed by atoms with Crippen molar-refractivity contribution in [3.8, 4) is 0 Å². The van der Waals surface area contributed by atoms with Crippen molar-refractivity contribution in [2.75, 3.05) is 19.8 Å². The van der Waals surface area contributed by atoms with E-state index in [1.807, 2.05) is 0 Å². The predicted molar refractivity (Wildman–Crippen MR) is 117 cm³/mol. The number of fused-ring (bicyclic) bond motifs is 1. The van der Waals surface area contributed by atoms with Gasteiger partial charge in [-0.25, -0.2) is 0 Å². The second-order valence-corrected chi connectivity index (χ2v) is 7.84. The van der Waals surface area contributed by atoms with Gasteiger partial charge in [-0.3, -0.25) is 28.9 Å². The Morgan fingerprint density at radius 3 is 2.11 bits per heavy atom. The SMILES string of the molecule is CC(=O)OCC1OC(OCCN=[N+]=[N-])C(N2C(=O)c3ccccc3C2=O)C(OC(C)=O)C1OC(C)=O. The topological polar surface area (TPSA) is 183 Å². The van der Waals surface area contributed by atoms with Crippen LogP contribution in [0.1, 0.15) is 41.5 Å². The summed E-state index contributed by atoms with van der Waals surface area (Å²) in [5.74, 6) is -3.65. The second-order valence-electron chi connectivity index (χ2n) is 7.84. The first-order valence-electron chi connectivity index (χ1n) is 10.9. The number of hydrogen-bond acceptors (Lipinski definition) is 11. The third-order valence-electron chi connectivity index (χ3n) is 5.33. The van der Waals surface area contributed by atoms with E-state index in [1.54, 1.807) is 12.1 Å². The molecule has 1 saturated heterocycles. The molecule has 2 aliphatic heterocycles. The Kier molecular flexibility index (Phi) is 8.59. The van der Waals surface area contributed by atoms with Crippen LogP contribution in [0.4, 0.5) is 0 Å². The lowest BCUT2D eigenvalue weighted by molar-refractivity contribution is -0.285. The van der Waals surface area contributed by atoms with E-state index in [0.717, 1.165) is 25.7 Å². The van der Waals surface area contributed by atoms with Gasteiger partial charge in [0, 0.05) is 32.2 Å². The molecule has 0 aliphatic carbocycles. The Morgan fingerprint density at radius 2 is 1.58 bits per heavy atom. The molecule has 0 radical (unpaired) electrons. The Balaban J connectivity index is 2.07. The van der Waals surface area contributed by atoms with Gasteiger partial charge in [0.15, 0.2) is 18.5 Å². The van der Waals surface area contributed by atoms with E-state index in [-0.39, 0.29) is 24.3 Å². The summed E-state index contributed by atoms with van der Waals surface area (Å²) in [5, 5.41) is 3.37. The van der Waals surface area contributed by atoms with E-state index < -0.39 is 67.0 Å². The number of ether oxygens (including phenoxy) is 5. The summed E-state index contributed by atoms with van der Waals surface area (Å²) in [6, 6.07) is 4.68. The largest absolute Gasteiger partial charge is 0.463 e. The second kappa shape index (κ2) is 11.6.